The number of hydrogen-bond donors (Lipinski definition) is 0. The van der Waals surface area contributed by atoms with Gasteiger partial charge in [-0.25, -0.2) is 14.6 Å². The number of benzene rings is 2. The van der Waals surface area contributed by atoms with E-state index in [2.05, 4.69) is 18.8 Å². The highest BCUT2D eigenvalue weighted by atomic mass is 32.1. The van der Waals surface area contributed by atoms with Crippen LogP contribution in [-0.4, -0.2) is 42.9 Å². The van der Waals surface area contributed by atoms with E-state index >= 15 is 0 Å². The van der Waals surface area contributed by atoms with E-state index in [-0.39, 0.29) is 25.4 Å². The largest absolute Gasteiger partial charge is 0.490 e. The van der Waals surface area contributed by atoms with Gasteiger partial charge in [0.15, 0.2) is 22.9 Å². The number of allylic oxidation sites excluding steroid dienone is 1. The average molecular weight is 593 g/mol. The molecule has 0 aliphatic carbocycles. The van der Waals surface area contributed by atoms with Gasteiger partial charge in [0.25, 0.3) is 5.56 Å². The molecule has 2 heterocycles. The van der Waals surface area contributed by atoms with Crippen LogP contribution in [0.1, 0.15) is 70.2 Å². The molecule has 0 radical (unpaired) electrons. The molecule has 42 heavy (non-hydrogen) atoms. The quantitative estimate of drug-likeness (QED) is 0.307. The number of hydrogen-bond acceptors (Lipinski definition) is 9. The molecule has 1 aliphatic heterocycles. The van der Waals surface area contributed by atoms with Gasteiger partial charge >= 0.3 is 11.9 Å². The van der Waals surface area contributed by atoms with Gasteiger partial charge in [0.1, 0.15) is 0 Å². The fourth-order valence-electron chi connectivity index (χ4n) is 4.66. The Morgan fingerprint density at radius 3 is 2.33 bits per heavy atom. The van der Waals surface area contributed by atoms with E-state index in [9.17, 15) is 14.4 Å². The maximum atomic E-state index is 13.9. The molecule has 0 saturated carbocycles. The molecule has 1 aromatic heterocycles. The van der Waals surface area contributed by atoms with E-state index in [0.717, 1.165) is 11.1 Å². The van der Waals surface area contributed by atoms with Crippen LogP contribution in [0.4, 0.5) is 0 Å². The number of fused-ring (bicyclic) bond motifs is 1. The van der Waals surface area contributed by atoms with Crippen LogP contribution in [0.15, 0.2) is 63.5 Å². The second kappa shape index (κ2) is 13.7. The summed E-state index contributed by atoms with van der Waals surface area (Å²) in [6, 6.07) is 12.5. The van der Waals surface area contributed by atoms with Crippen LogP contribution in [0, 0.1) is 0 Å². The second-order valence-electron chi connectivity index (χ2n) is 9.86. The van der Waals surface area contributed by atoms with Crippen molar-refractivity contribution in [2.24, 2.45) is 4.99 Å². The lowest BCUT2D eigenvalue weighted by atomic mass is 9.93. The molecule has 0 bridgehead atoms. The van der Waals surface area contributed by atoms with Crippen molar-refractivity contribution in [3.63, 3.8) is 0 Å². The standard InChI is InChI=1S/C32H36N2O7S/c1-7-38-25-16-21(10-15-24(25)41-18-27(35)39-8-2)17-26-30(36)34-29(23-13-11-22(12-14-23)19(4)5)28(31(37)40-9-3)20(6)33-32(34)42-26/h10-17,19,29H,7-9,18H2,1-6H3. The zero-order valence-corrected chi connectivity index (χ0v) is 25.6. The Hall–Kier alpha value is -4.18. The van der Waals surface area contributed by atoms with E-state index in [1.165, 1.54) is 11.3 Å². The molecule has 0 spiro atoms. The number of carbonyl (C=O) groups is 2. The van der Waals surface area contributed by atoms with Crippen LogP contribution in [-0.2, 0) is 19.1 Å². The van der Waals surface area contributed by atoms with Gasteiger partial charge in [-0.05, 0) is 68.5 Å². The first-order chi connectivity index (χ1) is 20.2. The molecule has 0 amide bonds. The summed E-state index contributed by atoms with van der Waals surface area (Å²) in [5, 5.41) is 0. The Bertz CT molecular complexity index is 1670. The van der Waals surface area contributed by atoms with Crippen molar-refractivity contribution in [3.8, 4) is 11.5 Å². The van der Waals surface area contributed by atoms with Gasteiger partial charge in [0.2, 0.25) is 0 Å². The summed E-state index contributed by atoms with van der Waals surface area (Å²) in [6.45, 7) is 11.9. The summed E-state index contributed by atoms with van der Waals surface area (Å²) < 4.78 is 23.7. The third-order valence-electron chi connectivity index (χ3n) is 6.65. The Balaban J connectivity index is 1.80. The molecule has 9 nitrogen and oxygen atoms in total. The van der Waals surface area contributed by atoms with Crippen molar-refractivity contribution < 1.29 is 28.5 Å². The van der Waals surface area contributed by atoms with Gasteiger partial charge in [-0.2, -0.15) is 0 Å². The van der Waals surface area contributed by atoms with Gasteiger partial charge in [-0.1, -0.05) is 55.5 Å². The van der Waals surface area contributed by atoms with E-state index in [1.807, 2.05) is 31.2 Å². The van der Waals surface area contributed by atoms with Crippen LogP contribution in [0.5, 0.6) is 11.5 Å². The maximum Gasteiger partial charge on any atom is 0.344 e. The highest BCUT2D eigenvalue weighted by Gasteiger charge is 2.33. The van der Waals surface area contributed by atoms with Crippen LogP contribution < -0.4 is 24.4 Å². The molecule has 1 atom stereocenters. The molecule has 0 fully saturated rings. The Kier molecular flexibility index (Phi) is 10.0. The molecule has 10 heteroatoms. The van der Waals surface area contributed by atoms with E-state index < -0.39 is 18.0 Å². The summed E-state index contributed by atoms with van der Waals surface area (Å²) in [4.78, 5) is 44.0. The first-order valence-electron chi connectivity index (χ1n) is 14.0. The predicted molar refractivity (Wildman–Crippen MR) is 161 cm³/mol. The molecule has 4 rings (SSSR count). The van der Waals surface area contributed by atoms with Crippen molar-refractivity contribution >= 4 is 29.4 Å². The van der Waals surface area contributed by atoms with E-state index in [4.69, 9.17) is 18.9 Å². The van der Waals surface area contributed by atoms with Gasteiger partial charge in [0.05, 0.1) is 41.7 Å². The number of esters is 2. The first-order valence-corrected chi connectivity index (χ1v) is 14.8. The molecule has 3 aromatic rings. The average Bonchev–Trinajstić information content (AvgIpc) is 3.26. The fourth-order valence-corrected chi connectivity index (χ4v) is 5.71. The Labute approximate surface area is 248 Å². The van der Waals surface area contributed by atoms with Crippen LogP contribution in [0.2, 0.25) is 0 Å². The minimum Gasteiger partial charge on any atom is -0.490 e. The third-order valence-corrected chi connectivity index (χ3v) is 7.64. The summed E-state index contributed by atoms with van der Waals surface area (Å²) >= 11 is 1.25. The summed E-state index contributed by atoms with van der Waals surface area (Å²) in [6.07, 6.45) is 1.75. The lowest BCUT2D eigenvalue weighted by Gasteiger charge is -2.25. The first kappa shape index (κ1) is 30.8. The van der Waals surface area contributed by atoms with Crippen LogP contribution in [0.3, 0.4) is 0 Å². The molecule has 222 valence electrons. The second-order valence-corrected chi connectivity index (χ2v) is 10.9. The predicted octanol–water partition coefficient (Wildman–Crippen LogP) is 4.26. The Morgan fingerprint density at radius 1 is 0.976 bits per heavy atom. The molecule has 2 aromatic carbocycles. The van der Waals surface area contributed by atoms with Gasteiger partial charge in [-0.15, -0.1) is 0 Å². The van der Waals surface area contributed by atoms with Crippen molar-refractivity contribution in [1.29, 1.82) is 0 Å². The van der Waals surface area contributed by atoms with E-state index in [0.29, 0.717) is 50.2 Å². The maximum absolute atomic E-state index is 13.9. The van der Waals surface area contributed by atoms with Crippen molar-refractivity contribution in [2.75, 3.05) is 26.4 Å². The van der Waals surface area contributed by atoms with Crippen molar-refractivity contribution in [2.45, 2.75) is 53.5 Å². The summed E-state index contributed by atoms with van der Waals surface area (Å²) in [7, 11) is 0. The van der Waals surface area contributed by atoms with Gasteiger partial charge in [-0.3, -0.25) is 9.36 Å². The number of rotatable bonds is 11. The fraction of sp³-hybridized carbons (Fsp3) is 0.375. The monoisotopic (exact) mass is 592 g/mol. The molecular weight excluding hydrogens is 556 g/mol. The zero-order chi connectivity index (χ0) is 30.4. The summed E-state index contributed by atoms with van der Waals surface area (Å²) in [5.74, 6) is 0.197. The van der Waals surface area contributed by atoms with Gasteiger partial charge in [0, 0.05) is 0 Å². The normalized spacial score (nSPS) is 14.8. The summed E-state index contributed by atoms with van der Waals surface area (Å²) in [5.41, 5.74) is 3.24. The van der Waals surface area contributed by atoms with E-state index in [1.54, 1.807) is 49.6 Å². The van der Waals surface area contributed by atoms with Gasteiger partial charge < -0.3 is 18.9 Å². The number of carbonyl (C=O) groups excluding carboxylic acids is 2. The molecule has 1 aliphatic rings. The SMILES string of the molecule is CCOC(=O)COc1ccc(C=c2sc3n(c2=O)C(c2ccc(C(C)C)cc2)C(C(=O)OCC)=C(C)N=3)cc1OCC. The minimum absolute atomic E-state index is 0.209. The Morgan fingerprint density at radius 2 is 1.69 bits per heavy atom. The molecule has 0 N–H and O–H groups in total. The van der Waals surface area contributed by atoms with Crippen molar-refractivity contribution in [1.82, 2.24) is 4.57 Å². The number of aromatic nitrogens is 1. The zero-order valence-electron chi connectivity index (χ0n) is 24.8. The highest BCUT2D eigenvalue weighted by Crippen LogP contribution is 2.32. The smallest absolute Gasteiger partial charge is 0.344 e. The van der Waals surface area contributed by atoms with Crippen LogP contribution >= 0.6 is 11.3 Å². The molecule has 1 unspecified atom stereocenters. The number of thiazole rings is 1. The lowest BCUT2D eigenvalue weighted by molar-refractivity contribution is -0.145. The molecular formula is C32H36N2O7S. The lowest BCUT2D eigenvalue weighted by Crippen LogP contribution is -2.39. The van der Waals surface area contributed by atoms with Crippen molar-refractivity contribution in [3.05, 3.63) is 90.1 Å². The minimum atomic E-state index is -0.679. The molecule has 0 saturated heterocycles. The number of ether oxygens (including phenoxy) is 4. The highest BCUT2D eigenvalue weighted by molar-refractivity contribution is 7.07. The number of nitrogens with zero attached hydrogens (tertiary/aromatic N) is 2. The van der Waals surface area contributed by atoms with Crippen LogP contribution in [0.25, 0.3) is 6.08 Å². The topological polar surface area (TPSA) is 105 Å². The third kappa shape index (κ3) is 6.65.